The fourth-order valence-electron chi connectivity index (χ4n) is 0.973. The summed E-state index contributed by atoms with van der Waals surface area (Å²) in [4.78, 5) is 0. The molecule has 0 radical (unpaired) electrons. The summed E-state index contributed by atoms with van der Waals surface area (Å²) in [6.07, 6.45) is 1.13. The average Bonchev–Trinajstić information content (AvgIpc) is 2.03. The van der Waals surface area contributed by atoms with Crippen LogP contribution in [0.5, 0.6) is 0 Å². The Labute approximate surface area is 75.2 Å². The van der Waals surface area contributed by atoms with Gasteiger partial charge in [-0.3, -0.25) is 0 Å². The maximum Gasteiger partial charge on any atom is 0.0408 e. The van der Waals surface area contributed by atoms with Crippen molar-refractivity contribution < 1.29 is 0 Å². The molecule has 0 saturated heterocycles. The van der Waals surface area contributed by atoms with E-state index in [1.807, 2.05) is 18.2 Å². The van der Waals surface area contributed by atoms with Crippen LogP contribution < -0.4 is 0 Å². The zero-order valence-electron chi connectivity index (χ0n) is 6.55. The van der Waals surface area contributed by atoms with Gasteiger partial charge in [0, 0.05) is 5.02 Å². The minimum absolute atomic E-state index is 0.536. The van der Waals surface area contributed by atoms with Gasteiger partial charge in [0.2, 0.25) is 0 Å². The molecule has 0 saturated carbocycles. The van der Waals surface area contributed by atoms with Crippen LogP contribution in [0.3, 0.4) is 0 Å². The second kappa shape index (κ2) is 4.09. The lowest BCUT2D eigenvalue weighted by Gasteiger charge is -2.07. The molecule has 0 spiro atoms. The van der Waals surface area contributed by atoms with Crippen LogP contribution in [0.1, 0.15) is 24.6 Å². The van der Waals surface area contributed by atoms with E-state index >= 15 is 0 Å². The van der Waals surface area contributed by atoms with Gasteiger partial charge in [0.1, 0.15) is 0 Å². The SMILES string of the molecule is CCC(P)c1cccc(Cl)c1. The predicted molar refractivity (Wildman–Crippen MR) is 54.2 cm³/mol. The van der Waals surface area contributed by atoms with Crippen LogP contribution in [0, 0.1) is 0 Å². The van der Waals surface area contributed by atoms with Crippen LogP contribution >= 0.6 is 20.8 Å². The first kappa shape index (κ1) is 9.03. The van der Waals surface area contributed by atoms with Crippen molar-refractivity contribution in [3.05, 3.63) is 34.9 Å². The highest BCUT2D eigenvalue weighted by Crippen LogP contribution is 2.27. The lowest BCUT2D eigenvalue weighted by Crippen LogP contribution is -1.85. The fraction of sp³-hybridized carbons (Fsp3) is 0.333. The zero-order chi connectivity index (χ0) is 8.27. The molecule has 1 aromatic carbocycles. The van der Waals surface area contributed by atoms with Crippen LogP contribution in [-0.2, 0) is 0 Å². The van der Waals surface area contributed by atoms with E-state index in [2.05, 4.69) is 22.2 Å². The highest BCUT2D eigenvalue weighted by molar-refractivity contribution is 7.17. The van der Waals surface area contributed by atoms with E-state index in [0.29, 0.717) is 5.66 Å². The number of rotatable bonds is 2. The summed E-state index contributed by atoms with van der Waals surface area (Å²) in [6.45, 7) is 2.17. The first-order valence-electron chi connectivity index (χ1n) is 3.75. The molecule has 0 fully saturated rings. The molecule has 1 rings (SSSR count). The minimum atomic E-state index is 0.536. The normalized spacial score (nSPS) is 13.0. The third kappa shape index (κ3) is 2.47. The molecular formula is C9H12ClP. The van der Waals surface area contributed by atoms with Gasteiger partial charge in [-0.25, -0.2) is 0 Å². The lowest BCUT2D eigenvalue weighted by atomic mass is 10.1. The van der Waals surface area contributed by atoms with Gasteiger partial charge in [-0.1, -0.05) is 30.7 Å². The van der Waals surface area contributed by atoms with Gasteiger partial charge < -0.3 is 0 Å². The average molecular weight is 187 g/mol. The topological polar surface area (TPSA) is 0 Å². The van der Waals surface area contributed by atoms with Gasteiger partial charge in [-0.2, -0.15) is 0 Å². The summed E-state index contributed by atoms with van der Waals surface area (Å²) >= 11 is 5.84. The van der Waals surface area contributed by atoms with Crippen LogP contribution in [0.25, 0.3) is 0 Å². The van der Waals surface area contributed by atoms with E-state index in [4.69, 9.17) is 11.6 Å². The Bertz CT molecular complexity index is 235. The number of hydrogen-bond donors (Lipinski definition) is 0. The Hall–Kier alpha value is -0.0600. The van der Waals surface area contributed by atoms with Crippen LogP contribution in [0.15, 0.2) is 24.3 Å². The monoisotopic (exact) mass is 186 g/mol. The standard InChI is InChI=1S/C9H12ClP/c1-2-9(11)7-4-3-5-8(10)6-7/h3-6,9H,2,11H2,1H3. The van der Waals surface area contributed by atoms with Crippen molar-refractivity contribution in [3.8, 4) is 0 Å². The van der Waals surface area contributed by atoms with E-state index in [1.165, 1.54) is 5.56 Å². The van der Waals surface area contributed by atoms with Crippen molar-refractivity contribution in [1.82, 2.24) is 0 Å². The highest BCUT2D eigenvalue weighted by Gasteiger charge is 2.01. The summed E-state index contributed by atoms with van der Waals surface area (Å²) in [7, 11) is 2.81. The molecule has 1 aromatic rings. The molecule has 0 aliphatic heterocycles. The molecule has 2 atom stereocenters. The Morgan fingerprint density at radius 2 is 2.27 bits per heavy atom. The fourth-order valence-corrected chi connectivity index (χ4v) is 1.38. The Balaban J connectivity index is 2.86. The van der Waals surface area contributed by atoms with E-state index in [-0.39, 0.29) is 0 Å². The summed E-state index contributed by atoms with van der Waals surface area (Å²) in [5, 5.41) is 0.823. The molecule has 0 aliphatic rings. The first-order chi connectivity index (χ1) is 5.24. The number of halogens is 1. The van der Waals surface area contributed by atoms with Gasteiger partial charge in [0.05, 0.1) is 0 Å². The molecular weight excluding hydrogens is 175 g/mol. The maximum absolute atomic E-state index is 5.84. The number of hydrogen-bond acceptors (Lipinski definition) is 0. The van der Waals surface area contributed by atoms with E-state index in [9.17, 15) is 0 Å². The second-order valence-electron chi connectivity index (χ2n) is 2.57. The van der Waals surface area contributed by atoms with Crippen molar-refractivity contribution in [1.29, 1.82) is 0 Å². The zero-order valence-corrected chi connectivity index (χ0v) is 8.46. The molecule has 11 heavy (non-hydrogen) atoms. The Morgan fingerprint density at radius 3 is 2.82 bits per heavy atom. The van der Waals surface area contributed by atoms with Gasteiger partial charge in [-0.05, 0) is 29.8 Å². The van der Waals surface area contributed by atoms with Crippen molar-refractivity contribution in [2.24, 2.45) is 0 Å². The summed E-state index contributed by atoms with van der Waals surface area (Å²) in [5.41, 5.74) is 1.83. The van der Waals surface area contributed by atoms with Gasteiger partial charge in [0.25, 0.3) is 0 Å². The summed E-state index contributed by atoms with van der Waals surface area (Å²) in [6, 6.07) is 8.01. The highest BCUT2D eigenvalue weighted by atomic mass is 35.5. The van der Waals surface area contributed by atoms with Crippen LogP contribution in [0.2, 0.25) is 5.02 Å². The van der Waals surface area contributed by atoms with Crippen LogP contribution in [-0.4, -0.2) is 0 Å². The van der Waals surface area contributed by atoms with Gasteiger partial charge >= 0.3 is 0 Å². The molecule has 0 amide bonds. The number of benzene rings is 1. The van der Waals surface area contributed by atoms with Crippen molar-refractivity contribution in [2.75, 3.05) is 0 Å². The van der Waals surface area contributed by atoms with E-state index in [0.717, 1.165) is 11.4 Å². The molecule has 2 heteroatoms. The van der Waals surface area contributed by atoms with Gasteiger partial charge in [0.15, 0.2) is 0 Å². The molecule has 0 heterocycles. The molecule has 0 nitrogen and oxygen atoms in total. The smallest absolute Gasteiger partial charge is 0.0408 e. The maximum atomic E-state index is 5.84. The molecule has 0 N–H and O–H groups in total. The third-order valence-electron chi connectivity index (χ3n) is 1.72. The lowest BCUT2D eigenvalue weighted by molar-refractivity contribution is 0.897. The van der Waals surface area contributed by atoms with Gasteiger partial charge in [-0.15, -0.1) is 9.24 Å². The molecule has 60 valence electrons. The largest absolute Gasteiger partial charge is 0.130 e. The predicted octanol–water partition coefficient (Wildman–Crippen LogP) is 3.67. The van der Waals surface area contributed by atoms with Crippen LogP contribution in [0.4, 0.5) is 0 Å². The minimum Gasteiger partial charge on any atom is -0.130 e. The van der Waals surface area contributed by atoms with Crippen molar-refractivity contribution in [3.63, 3.8) is 0 Å². The Morgan fingerprint density at radius 1 is 1.55 bits per heavy atom. The summed E-state index contributed by atoms with van der Waals surface area (Å²) < 4.78 is 0. The first-order valence-corrected chi connectivity index (χ1v) is 4.79. The van der Waals surface area contributed by atoms with Crippen molar-refractivity contribution >= 4 is 20.8 Å². The second-order valence-corrected chi connectivity index (χ2v) is 3.81. The molecule has 2 unspecified atom stereocenters. The van der Waals surface area contributed by atoms with E-state index < -0.39 is 0 Å². The summed E-state index contributed by atoms with van der Waals surface area (Å²) in [5.74, 6) is 0. The molecule has 0 aromatic heterocycles. The third-order valence-corrected chi connectivity index (χ3v) is 2.81. The Kier molecular flexibility index (Phi) is 3.36. The quantitative estimate of drug-likeness (QED) is 0.619. The molecule has 0 bridgehead atoms. The molecule has 0 aliphatic carbocycles. The van der Waals surface area contributed by atoms with E-state index in [1.54, 1.807) is 0 Å². The van der Waals surface area contributed by atoms with Crippen molar-refractivity contribution in [2.45, 2.75) is 19.0 Å².